The molecular weight excluding hydrogens is 280 g/mol. The average Bonchev–Trinajstić information content (AvgIpc) is 3.15. The van der Waals surface area contributed by atoms with Gasteiger partial charge in [0.25, 0.3) is 0 Å². The van der Waals surface area contributed by atoms with Gasteiger partial charge < -0.3 is 20.5 Å². The highest BCUT2D eigenvalue weighted by Gasteiger charge is 2.41. The van der Waals surface area contributed by atoms with E-state index in [1.807, 2.05) is 6.26 Å². The normalized spacial score (nSPS) is 27.1. The van der Waals surface area contributed by atoms with Crippen LogP contribution in [0.25, 0.3) is 0 Å². The summed E-state index contributed by atoms with van der Waals surface area (Å²) >= 11 is 1.56. The number of carboxylic acids is 1. The van der Waals surface area contributed by atoms with Gasteiger partial charge in [0.2, 0.25) is 0 Å². The summed E-state index contributed by atoms with van der Waals surface area (Å²) in [7, 11) is 0. The highest BCUT2D eigenvalue weighted by molar-refractivity contribution is 7.98. The molecule has 0 aromatic rings. The highest BCUT2D eigenvalue weighted by atomic mass is 32.2. The van der Waals surface area contributed by atoms with Crippen LogP contribution in [0.4, 0.5) is 4.79 Å². The first-order chi connectivity index (χ1) is 9.61. The lowest BCUT2D eigenvalue weighted by molar-refractivity contribution is -0.139. The average molecular weight is 302 g/mol. The predicted molar refractivity (Wildman–Crippen MR) is 77.0 cm³/mol. The number of hydrogen-bond donors (Lipinski definition) is 3. The minimum Gasteiger partial charge on any atom is -0.480 e. The number of carbonyl (C=O) groups excluding carboxylic acids is 1. The van der Waals surface area contributed by atoms with Gasteiger partial charge in [-0.05, 0) is 43.6 Å². The van der Waals surface area contributed by atoms with Crippen LogP contribution >= 0.6 is 11.8 Å². The molecule has 0 aromatic heterocycles. The van der Waals surface area contributed by atoms with Gasteiger partial charge in [-0.15, -0.1) is 0 Å². The van der Waals surface area contributed by atoms with E-state index >= 15 is 0 Å². The van der Waals surface area contributed by atoms with Gasteiger partial charge in [-0.2, -0.15) is 11.8 Å². The van der Waals surface area contributed by atoms with Crippen LogP contribution in [0.1, 0.15) is 25.7 Å². The lowest BCUT2D eigenvalue weighted by atomic mass is 10.1. The third kappa shape index (κ3) is 4.28. The van der Waals surface area contributed by atoms with Crippen molar-refractivity contribution in [1.82, 2.24) is 10.6 Å². The standard InChI is InChI=1S/C13H22N2O4S/c1-20-7-5-10(12(16)17)15-13(18)14-9-4-6-19-11(9)8-2-3-8/h8-11H,2-7H2,1H3,(H,16,17)(H2,14,15,18)/t9?,10-,11?/m0/s1. The predicted octanol–water partition coefficient (Wildman–Crippen LogP) is 1.06. The fraction of sp³-hybridized carbons (Fsp3) is 0.846. The number of hydrogen-bond acceptors (Lipinski definition) is 4. The molecule has 3 N–H and O–H groups in total. The van der Waals surface area contributed by atoms with Crippen LogP contribution in [0.3, 0.4) is 0 Å². The molecule has 3 atom stereocenters. The van der Waals surface area contributed by atoms with E-state index in [0.29, 0.717) is 24.7 Å². The van der Waals surface area contributed by atoms with Gasteiger partial charge in [0.05, 0.1) is 12.1 Å². The van der Waals surface area contributed by atoms with E-state index in [0.717, 1.165) is 19.3 Å². The SMILES string of the molecule is CSCC[C@H](NC(=O)NC1CCOC1C1CC1)C(=O)O. The van der Waals surface area contributed by atoms with Crippen molar-refractivity contribution >= 4 is 23.8 Å². The second-order valence-electron chi connectivity index (χ2n) is 5.36. The molecule has 7 heteroatoms. The molecule has 0 spiro atoms. The fourth-order valence-electron chi connectivity index (χ4n) is 2.52. The van der Waals surface area contributed by atoms with Gasteiger partial charge in [0.1, 0.15) is 6.04 Å². The molecule has 1 aliphatic carbocycles. The second-order valence-corrected chi connectivity index (χ2v) is 6.34. The van der Waals surface area contributed by atoms with E-state index in [1.54, 1.807) is 11.8 Å². The van der Waals surface area contributed by atoms with Crippen molar-refractivity contribution in [2.45, 2.75) is 43.9 Å². The monoisotopic (exact) mass is 302 g/mol. The van der Waals surface area contributed by atoms with E-state index in [1.165, 1.54) is 0 Å². The van der Waals surface area contributed by atoms with Gasteiger partial charge in [-0.3, -0.25) is 0 Å². The molecule has 2 unspecified atom stereocenters. The van der Waals surface area contributed by atoms with E-state index in [9.17, 15) is 9.59 Å². The van der Waals surface area contributed by atoms with Crippen molar-refractivity contribution < 1.29 is 19.4 Å². The van der Waals surface area contributed by atoms with Crippen molar-refractivity contribution in [2.75, 3.05) is 18.6 Å². The summed E-state index contributed by atoms with van der Waals surface area (Å²) < 4.78 is 5.65. The molecule has 0 aromatic carbocycles. The Morgan fingerprint density at radius 3 is 2.75 bits per heavy atom. The zero-order valence-corrected chi connectivity index (χ0v) is 12.4. The zero-order chi connectivity index (χ0) is 14.5. The number of carbonyl (C=O) groups is 2. The van der Waals surface area contributed by atoms with E-state index < -0.39 is 18.0 Å². The third-order valence-electron chi connectivity index (χ3n) is 3.75. The topological polar surface area (TPSA) is 87.7 Å². The summed E-state index contributed by atoms with van der Waals surface area (Å²) in [5.41, 5.74) is 0. The van der Waals surface area contributed by atoms with E-state index in [-0.39, 0.29) is 12.1 Å². The number of ether oxygens (including phenoxy) is 1. The Balaban J connectivity index is 1.79. The smallest absolute Gasteiger partial charge is 0.326 e. The van der Waals surface area contributed by atoms with Crippen LogP contribution in [0, 0.1) is 5.92 Å². The minimum absolute atomic E-state index is 0.0116. The Kier molecular flexibility index (Phi) is 5.54. The van der Waals surface area contributed by atoms with Crippen LogP contribution in [0.5, 0.6) is 0 Å². The summed E-state index contributed by atoms with van der Waals surface area (Å²) in [6, 6.07) is -1.22. The Morgan fingerprint density at radius 2 is 2.15 bits per heavy atom. The van der Waals surface area contributed by atoms with E-state index in [4.69, 9.17) is 9.84 Å². The maximum atomic E-state index is 11.9. The molecule has 2 amide bonds. The molecule has 114 valence electrons. The molecule has 0 bridgehead atoms. The quantitative estimate of drug-likeness (QED) is 0.654. The van der Waals surface area contributed by atoms with Gasteiger partial charge in [0.15, 0.2) is 0 Å². The van der Waals surface area contributed by atoms with Crippen molar-refractivity contribution in [3.63, 3.8) is 0 Å². The summed E-state index contributed by atoms with van der Waals surface area (Å²) in [5.74, 6) is 0.277. The number of rotatable bonds is 7. The molecule has 2 fully saturated rings. The van der Waals surface area contributed by atoms with Crippen LogP contribution in [-0.4, -0.2) is 53.9 Å². The first kappa shape index (κ1) is 15.4. The summed E-state index contributed by atoms with van der Waals surface area (Å²) in [6.07, 6.45) is 5.57. The molecule has 1 heterocycles. The molecule has 0 radical (unpaired) electrons. The van der Waals surface area contributed by atoms with Gasteiger partial charge in [-0.25, -0.2) is 9.59 Å². The molecule has 1 saturated carbocycles. The van der Waals surface area contributed by atoms with Gasteiger partial charge in [0, 0.05) is 6.61 Å². The maximum absolute atomic E-state index is 11.9. The third-order valence-corrected chi connectivity index (χ3v) is 4.40. The molecule has 2 aliphatic rings. The maximum Gasteiger partial charge on any atom is 0.326 e. The van der Waals surface area contributed by atoms with Gasteiger partial charge in [-0.1, -0.05) is 0 Å². The lowest BCUT2D eigenvalue weighted by Crippen LogP contribution is -2.51. The van der Waals surface area contributed by atoms with Crippen molar-refractivity contribution in [3.8, 4) is 0 Å². The Labute approximate surface area is 123 Å². The van der Waals surface area contributed by atoms with Crippen LogP contribution in [0.2, 0.25) is 0 Å². The minimum atomic E-state index is -0.990. The van der Waals surface area contributed by atoms with Crippen LogP contribution in [-0.2, 0) is 9.53 Å². The number of aliphatic carboxylic acids is 1. The molecule has 1 aliphatic heterocycles. The molecule has 20 heavy (non-hydrogen) atoms. The largest absolute Gasteiger partial charge is 0.480 e. The van der Waals surface area contributed by atoms with E-state index in [2.05, 4.69) is 10.6 Å². The number of amides is 2. The summed E-state index contributed by atoms with van der Waals surface area (Å²) in [4.78, 5) is 23.0. The number of nitrogens with one attached hydrogen (secondary N) is 2. The second kappa shape index (κ2) is 7.17. The highest BCUT2D eigenvalue weighted by Crippen LogP contribution is 2.38. The Bertz CT molecular complexity index is 362. The zero-order valence-electron chi connectivity index (χ0n) is 11.6. The van der Waals surface area contributed by atoms with Gasteiger partial charge >= 0.3 is 12.0 Å². The van der Waals surface area contributed by atoms with Crippen LogP contribution < -0.4 is 10.6 Å². The Morgan fingerprint density at radius 1 is 1.40 bits per heavy atom. The van der Waals surface area contributed by atoms with Crippen LogP contribution in [0.15, 0.2) is 0 Å². The van der Waals surface area contributed by atoms with Crippen molar-refractivity contribution in [3.05, 3.63) is 0 Å². The van der Waals surface area contributed by atoms with Crippen molar-refractivity contribution in [1.29, 1.82) is 0 Å². The molecular formula is C13H22N2O4S. The van der Waals surface area contributed by atoms with Crippen molar-refractivity contribution in [2.24, 2.45) is 5.92 Å². The lowest BCUT2D eigenvalue weighted by Gasteiger charge is -2.21. The molecule has 1 saturated heterocycles. The first-order valence-corrected chi connectivity index (χ1v) is 8.41. The first-order valence-electron chi connectivity index (χ1n) is 7.02. The molecule has 6 nitrogen and oxygen atoms in total. The Hall–Kier alpha value is -0.950. The number of carboxylic acid groups (broad SMARTS) is 1. The number of urea groups is 1. The molecule has 2 rings (SSSR count). The number of thioether (sulfide) groups is 1. The summed E-state index contributed by atoms with van der Waals surface area (Å²) in [6.45, 7) is 0.668. The fourth-order valence-corrected chi connectivity index (χ4v) is 2.99. The summed E-state index contributed by atoms with van der Waals surface area (Å²) in [5, 5.41) is 14.5.